The number of carboxylic acid groups (broad SMARTS) is 1. The Labute approximate surface area is 89.4 Å². The third kappa shape index (κ3) is 4.14. The minimum atomic E-state index is -1.10. The summed E-state index contributed by atoms with van der Waals surface area (Å²) in [6, 6.07) is 0.199. The molecule has 0 heterocycles. The second-order valence-corrected chi connectivity index (χ2v) is 4.05. The van der Waals surface area contributed by atoms with E-state index in [0.717, 1.165) is 31.4 Å². The molecule has 2 atom stereocenters. The van der Waals surface area contributed by atoms with Crippen LogP contribution < -0.4 is 5.32 Å². The third-order valence-corrected chi connectivity index (χ3v) is 2.82. The van der Waals surface area contributed by atoms with Crippen molar-refractivity contribution in [2.24, 2.45) is 5.92 Å². The summed E-state index contributed by atoms with van der Waals surface area (Å²) in [4.78, 5) is 21.5. The smallest absolute Gasteiger partial charge is 0.328 e. The molecule has 1 amide bonds. The summed E-state index contributed by atoms with van der Waals surface area (Å²) in [7, 11) is 0. The van der Waals surface area contributed by atoms with Crippen molar-refractivity contribution in [3.63, 3.8) is 0 Å². The average molecular weight is 211 g/mol. The number of amides is 1. The molecule has 1 aliphatic rings. The van der Waals surface area contributed by atoms with Gasteiger partial charge < -0.3 is 10.4 Å². The molecule has 0 saturated heterocycles. The Hall–Kier alpha value is -1.32. The molecule has 1 saturated carbocycles. The normalized spacial score (nSPS) is 26.5. The first-order valence-electron chi connectivity index (χ1n) is 5.31. The third-order valence-electron chi connectivity index (χ3n) is 2.82. The summed E-state index contributed by atoms with van der Waals surface area (Å²) < 4.78 is 0. The fraction of sp³-hybridized carbons (Fsp3) is 0.636. The molecule has 1 aliphatic carbocycles. The van der Waals surface area contributed by atoms with Crippen LogP contribution in [0.15, 0.2) is 12.2 Å². The molecule has 2 N–H and O–H groups in total. The standard InChI is InChI=1S/C11H17NO3/c1-8-4-2-3-5-9(8)12-10(13)6-7-11(14)15/h6-9H,2-5H2,1H3,(H,12,13)(H,14,15)/b7-6+/t8-,9+/m0/s1. The van der Waals surface area contributed by atoms with E-state index in [2.05, 4.69) is 12.2 Å². The molecule has 0 aromatic carbocycles. The predicted molar refractivity (Wildman–Crippen MR) is 56.3 cm³/mol. The maximum Gasteiger partial charge on any atom is 0.328 e. The summed E-state index contributed by atoms with van der Waals surface area (Å²) in [5, 5.41) is 11.2. The predicted octanol–water partition coefficient (Wildman–Crippen LogP) is 1.32. The van der Waals surface area contributed by atoms with E-state index in [4.69, 9.17) is 5.11 Å². The maximum absolute atomic E-state index is 11.3. The molecule has 0 aromatic rings. The van der Waals surface area contributed by atoms with E-state index in [-0.39, 0.29) is 11.9 Å². The zero-order valence-corrected chi connectivity index (χ0v) is 8.90. The Morgan fingerprint density at radius 1 is 1.27 bits per heavy atom. The van der Waals surface area contributed by atoms with Gasteiger partial charge >= 0.3 is 5.97 Å². The van der Waals surface area contributed by atoms with Crippen LogP contribution >= 0.6 is 0 Å². The van der Waals surface area contributed by atoms with Crippen LogP contribution in [0.1, 0.15) is 32.6 Å². The van der Waals surface area contributed by atoms with E-state index in [1.54, 1.807) is 0 Å². The number of aliphatic carboxylic acids is 1. The number of carbonyl (C=O) groups is 2. The molecule has 4 nitrogen and oxygen atoms in total. The minimum Gasteiger partial charge on any atom is -0.478 e. The number of hydrogen-bond acceptors (Lipinski definition) is 2. The molecule has 1 rings (SSSR count). The van der Waals surface area contributed by atoms with Crippen molar-refractivity contribution in [1.29, 1.82) is 0 Å². The Morgan fingerprint density at radius 2 is 1.93 bits per heavy atom. The highest BCUT2D eigenvalue weighted by molar-refractivity contribution is 5.93. The van der Waals surface area contributed by atoms with Gasteiger partial charge in [0.15, 0.2) is 0 Å². The molecule has 84 valence electrons. The number of carboxylic acids is 1. The number of rotatable bonds is 3. The van der Waals surface area contributed by atoms with Gasteiger partial charge in [0.2, 0.25) is 5.91 Å². The fourth-order valence-corrected chi connectivity index (χ4v) is 1.91. The lowest BCUT2D eigenvalue weighted by Gasteiger charge is -2.28. The summed E-state index contributed by atoms with van der Waals surface area (Å²) in [5.41, 5.74) is 0. The molecule has 4 heteroatoms. The van der Waals surface area contributed by atoms with Crippen LogP contribution in [0.25, 0.3) is 0 Å². The lowest BCUT2D eigenvalue weighted by Crippen LogP contribution is -2.40. The monoisotopic (exact) mass is 211 g/mol. The van der Waals surface area contributed by atoms with Crippen molar-refractivity contribution >= 4 is 11.9 Å². The van der Waals surface area contributed by atoms with Crippen molar-refractivity contribution in [2.45, 2.75) is 38.6 Å². The largest absolute Gasteiger partial charge is 0.478 e. The van der Waals surface area contributed by atoms with Crippen LogP contribution in [-0.2, 0) is 9.59 Å². The summed E-state index contributed by atoms with van der Waals surface area (Å²) in [5.74, 6) is -0.918. The number of hydrogen-bond donors (Lipinski definition) is 2. The van der Waals surface area contributed by atoms with Gasteiger partial charge in [-0.15, -0.1) is 0 Å². The minimum absolute atomic E-state index is 0.199. The second-order valence-electron chi connectivity index (χ2n) is 4.05. The molecule has 15 heavy (non-hydrogen) atoms. The molecule has 0 aliphatic heterocycles. The zero-order valence-electron chi connectivity index (χ0n) is 8.90. The van der Waals surface area contributed by atoms with Gasteiger partial charge in [0.25, 0.3) is 0 Å². The average Bonchev–Trinajstić information content (AvgIpc) is 2.18. The van der Waals surface area contributed by atoms with Gasteiger partial charge in [-0.3, -0.25) is 4.79 Å². The Bertz CT molecular complexity index is 273. The van der Waals surface area contributed by atoms with Crippen LogP contribution in [0.4, 0.5) is 0 Å². The van der Waals surface area contributed by atoms with E-state index < -0.39 is 5.97 Å². The van der Waals surface area contributed by atoms with E-state index in [1.807, 2.05) is 0 Å². The van der Waals surface area contributed by atoms with Crippen molar-refractivity contribution in [1.82, 2.24) is 5.32 Å². The number of carbonyl (C=O) groups excluding carboxylic acids is 1. The van der Waals surface area contributed by atoms with Gasteiger partial charge in [0.05, 0.1) is 0 Å². The van der Waals surface area contributed by atoms with Crippen molar-refractivity contribution < 1.29 is 14.7 Å². The van der Waals surface area contributed by atoms with Crippen molar-refractivity contribution in [2.75, 3.05) is 0 Å². The molecular weight excluding hydrogens is 194 g/mol. The zero-order chi connectivity index (χ0) is 11.3. The lowest BCUT2D eigenvalue weighted by molar-refractivity contribution is -0.131. The molecule has 0 bridgehead atoms. The first-order valence-corrected chi connectivity index (χ1v) is 5.31. The molecule has 1 fully saturated rings. The van der Waals surface area contributed by atoms with Gasteiger partial charge in [0, 0.05) is 18.2 Å². The van der Waals surface area contributed by atoms with Crippen LogP contribution in [0.3, 0.4) is 0 Å². The highest BCUT2D eigenvalue weighted by Crippen LogP contribution is 2.23. The van der Waals surface area contributed by atoms with Crippen LogP contribution in [0, 0.1) is 5.92 Å². The maximum atomic E-state index is 11.3. The van der Waals surface area contributed by atoms with E-state index in [9.17, 15) is 9.59 Å². The SMILES string of the molecule is C[C@H]1CCCC[C@H]1NC(=O)/C=C/C(=O)O. The Kier molecular flexibility index (Phi) is 4.34. The van der Waals surface area contributed by atoms with Gasteiger partial charge in [-0.25, -0.2) is 4.79 Å². The topological polar surface area (TPSA) is 66.4 Å². The Morgan fingerprint density at radius 3 is 2.53 bits per heavy atom. The molecule has 0 radical (unpaired) electrons. The second kappa shape index (κ2) is 5.53. The van der Waals surface area contributed by atoms with Gasteiger partial charge in [-0.05, 0) is 18.8 Å². The molecule has 0 unspecified atom stereocenters. The van der Waals surface area contributed by atoms with E-state index in [1.165, 1.54) is 6.42 Å². The lowest BCUT2D eigenvalue weighted by atomic mass is 9.86. The highest BCUT2D eigenvalue weighted by atomic mass is 16.4. The highest BCUT2D eigenvalue weighted by Gasteiger charge is 2.21. The first kappa shape index (κ1) is 11.8. The summed E-state index contributed by atoms with van der Waals surface area (Å²) in [6.07, 6.45) is 6.42. The molecule has 0 spiro atoms. The van der Waals surface area contributed by atoms with Gasteiger partial charge in [-0.2, -0.15) is 0 Å². The van der Waals surface area contributed by atoms with Gasteiger partial charge in [-0.1, -0.05) is 19.8 Å². The molecule has 0 aromatic heterocycles. The molecular formula is C11H17NO3. The Balaban J connectivity index is 2.39. The fourth-order valence-electron chi connectivity index (χ4n) is 1.91. The van der Waals surface area contributed by atoms with E-state index >= 15 is 0 Å². The van der Waals surface area contributed by atoms with Crippen LogP contribution in [-0.4, -0.2) is 23.0 Å². The summed E-state index contributed by atoms with van der Waals surface area (Å²) in [6.45, 7) is 2.12. The van der Waals surface area contributed by atoms with Gasteiger partial charge in [0.1, 0.15) is 0 Å². The van der Waals surface area contributed by atoms with E-state index in [0.29, 0.717) is 5.92 Å². The quantitative estimate of drug-likeness (QED) is 0.692. The first-order chi connectivity index (χ1) is 7.09. The van der Waals surface area contributed by atoms with Crippen LogP contribution in [0.5, 0.6) is 0 Å². The number of nitrogens with one attached hydrogen (secondary N) is 1. The van der Waals surface area contributed by atoms with Crippen LogP contribution in [0.2, 0.25) is 0 Å². The summed E-state index contributed by atoms with van der Waals surface area (Å²) >= 11 is 0. The van der Waals surface area contributed by atoms with Crippen molar-refractivity contribution in [3.05, 3.63) is 12.2 Å². The van der Waals surface area contributed by atoms with Crippen molar-refractivity contribution in [3.8, 4) is 0 Å².